The van der Waals surface area contributed by atoms with E-state index in [0.29, 0.717) is 30.2 Å². The molecule has 0 spiro atoms. The van der Waals surface area contributed by atoms with Gasteiger partial charge < -0.3 is 20.2 Å². The number of rotatable bonds is 14. The van der Waals surface area contributed by atoms with Crippen molar-refractivity contribution in [3.63, 3.8) is 0 Å². The molecule has 0 aliphatic rings. The quantitative estimate of drug-likeness (QED) is 0.190. The van der Waals surface area contributed by atoms with Crippen molar-refractivity contribution < 1.29 is 9.47 Å². The molecule has 0 aliphatic carbocycles. The lowest BCUT2D eigenvalue weighted by Gasteiger charge is -2.14. The highest BCUT2D eigenvalue weighted by atomic mass is 16.5. The number of nitrogens with one attached hydrogen (secondary N) is 1. The normalized spacial score (nSPS) is 11.6. The Labute approximate surface area is 192 Å². The summed E-state index contributed by atoms with van der Waals surface area (Å²) in [6.45, 7) is 9.43. The van der Waals surface area contributed by atoms with Gasteiger partial charge in [-0.15, -0.1) is 0 Å². The van der Waals surface area contributed by atoms with Crippen molar-refractivity contribution in [2.24, 2.45) is 0 Å². The van der Waals surface area contributed by atoms with Crippen LogP contribution in [0.1, 0.15) is 79.1 Å². The summed E-state index contributed by atoms with van der Waals surface area (Å²) in [5.41, 5.74) is 9.46. The Balaban J connectivity index is 2.12. The summed E-state index contributed by atoms with van der Waals surface area (Å²) in [6.07, 6.45) is 13.3. The maximum Gasteiger partial charge on any atom is 0.294 e. The van der Waals surface area contributed by atoms with Gasteiger partial charge in [-0.25, -0.2) is 0 Å². The van der Waals surface area contributed by atoms with Gasteiger partial charge in [0.1, 0.15) is 6.61 Å². The van der Waals surface area contributed by atoms with E-state index in [-0.39, 0.29) is 11.3 Å². The Morgan fingerprint density at radius 3 is 2.50 bits per heavy atom. The van der Waals surface area contributed by atoms with Crippen LogP contribution in [0, 0.1) is 0 Å². The van der Waals surface area contributed by atoms with Crippen molar-refractivity contribution in [3.05, 3.63) is 51.9 Å². The molecule has 176 valence electrons. The molecule has 0 amide bonds. The molecule has 2 rings (SSSR count). The van der Waals surface area contributed by atoms with Crippen LogP contribution in [0.2, 0.25) is 0 Å². The van der Waals surface area contributed by atoms with Gasteiger partial charge >= 0.3 is 0 Å². The van der Waals surface area contributed by atoms with E-state index in [0.717, 1.165) is 31.1 Å². The molecule has 0 unspecified atom stereocenters. The van der Waals surface area contributed by atoms with E-state index in [4.69, 9.17) is 15.2 Å². The number of nitrogens with two attached hydrogens (primary N) is 1. The third kappa shape index (κ3) is 8.45. The van der Waals surface area contributed by atoms with Crippen LogP contribution in [0.3, 0.4) is 0 Å². The van der Waals surface area contributed by atoms with Crippen LogP contribution in [0.25, 0.3) is 10.9 Å². The van der Waals surface area contributed by atoms with Gasteiger partial charge in [-0.05, 0) is 64.3 Å². The monoisotopic (exact) mass is 440 g/mol. The molecule has 0 fully saturated rings. The van der Waals surface area contributed by atoms with Gasteiger partial charge in [0.15, 0.2) is 5.75 Å². The first-order valence-electron chi connectivity index (χ1n) is 11.9. The van der Waals surface area contributed by atoms with Gasteiger partial charge in [0, 0.05) is 11.1 Å². The largest absolute Gasteiger partial charge is 0.485 e. The number of nitrogen functional groups attached to an aromatic ring is 1. The Hall–Kier alpha value is -2.69. The molecule has 0 bridgehead atoms. The SMILES string of the molecule is CCCCCCCCOc1c(OCC=C(C)CCC=C(C)C)c2ccc(N)cc2[nH]c1=O. The second kappa shape index (κ2) is 13.7. The number of H-pyrrole nitrogens is 1. The van der Waals surface area contributed by atoms with Gasteiger partial charge in [-0.3, -0.25) is 4.79 Å². The molecular formula is C27H40N2O3. The van der Waals surface area contributed by atoms with Crippen LogP contribution >= 0.6 is 0 Å². The predicted molar refractivity (Wildman–Crippen MR) is 136 cm³/mol. The number of pyridine rings is 1. The fourth-order valence-electron chi connectivity index (χ4n) is 3.56. The molecule has 5 nitrogen and oxygen atoms in total. The van der Waals surface area contributed by atoms with Gasteiger partial charge in [0.2, 0.25) is 5.75 Å². The summed E-state index contributed by atoms with van der Waals surface area (Å²) >= 11 is 0. The Morgan fingerprint density at radius 1 is 1.00 bits per heavy atom. The number of ether oxygens (including phenoxy) is 2. The number of aromatic nitrogens is 1. The van der Waals surface area contributed by atoms with Crippen LogP contribution in [-0.4, -0.2) is 18.2 Å². The molecule has 3 N–H and O–H groups in total. The van der Waals surface area contributed by atoms with E-state index in [2.05, 4.69) is 44.8 Å². The third-order valence-electron chi connectivity index (χ3n) is 5.44. The lowest BCUT2D eigenvalue weighted by atomic mass is 10.1. The molecule has 2 aromatic rings. The average molecular weight is 441 g/mol. The molecule has 5 heteroatoms. The third-order valence-corrected chi connectivity index (χ3v) is 5.44. The fourth-order valence-corrected chi connectivity index (χ4v) is 3.56. The number of aromatic amines is 1. The smallest absolute Gasteiger partial charge is 0.294 e. The molecule has 0 aliphatic heterocycles. The van der Waals surface area contributed by atoms with E-state index >= 15 is 0 Å². The number of fused-ring (bicyclic) bond motifs is 1. The zero-order chi connectivity index (χ0) is 23.3. The van der Waals surface area contributed by atoms with Crippen molar-refractivity contribution in [1.29, 1.82) is 0 Å². The fraction of sp³-hybridized carbons (Fsp3) is 0.519. The van der Waals surface area contributed by atoms with E-state index < -0.39 is 0 Å². The molecule has 1 aromatic heterocycles. The van der Waals surface area contributed by atoms with Crippen LogP contribution in [-0.2, 0) is 0 Å². The van der Waals surface area contributed by atoms with E-state index in [9.17, 15) is 4.79 Å². The Bertz CT molecular complexity index is 969. The maximum atomic E-state index is 12.7. The standard InChI is InChI=1S/C27H40N2O3/c1-5-6-7-8-9-10-17-31-26-25(32-18-16-21(4)13-11-12-20(2)3)23-15-14-22(28)19-24(23)29-27(26)30/h12,14-16,19H,5-11,13,17-18,28H2,1-4H3,(H,29,30). The first-order valence-corrected chi connectivity index (χ1v) is 11.9. The Morgan fingerprint density at radius 2 is 1.75 bits per heavy atom. The highest BCUT2D eigenvalue weighted by Gasteiger charge is 2.16. The number of anilines is 1. The van der Waals surface area contributed by atoms with Crippen LogP contribution in [0.15, 0.2) is 46.3 Å². The summed E-state index contributed by atoms with van der Waals surface area (Å²) in [7, 11) is 0. The maximum absolute atomic E-state index is 12.7. The Kier molecular flexibility index (Phi) is 10.9. The zero-order valence-electron chi connectivity index (χ0n) is 20.3. The van der Waals surface area contributed by atoms with Crippen molar-refractivity contribution in [2.75, 3.05) is 18.9 Å². The van der Waals surface area contributed by atoms with Gasteiger partial charge in [-0.1, -0.05) is 56.3 Å². The summed E-state index contributed by atoms with van der Waals surface area (Å²) in [6, 6.07) is 5.44. The molecule has 0 atom stereocenters. The predicted octanol–water partition coefficient (Wildman–Crippen LogP) is 6.92. The lowest BCUT2D eigenvalue weighted by molar-refractivity contribution is 0.274. The molecular weight excluding hydrogens is 400 g/mol. The van der Waals surface area contributed by atoms with Crippen molar-refractivity contribution >= 4 is 16.6 Å². The molecule has 0 saturated carbocycles. The van der Waals surface area contributed by atoms with Crippen LogP contribution in [0.5, 0.6) is 11.5 Å². The summed E-state index contributed by atoms with van der Waals surface area (Å²) in [5.74, 6) is 0.745. The van der Waals surface area contributed by atoms with Gasteiger partial charge in [-0.2, -0.15) is 0 Å². The number of hydrogen-bond acceptors (Lipinski definition) is 4. The van der Waals surface area contributed by atoms with E-state index in [1.807, 2.05) is 12.1 Å². The number of allylic oxidation sites excluding steroid dienone is 3. The van der Waals surface area contributed by atoms with E-state index in [1.165, 1.54) is 36.8 Å². The molecule has 0 saturated heterocycles. The highest BCUT2D eigenvalue weighted by molar-refractivity contribution is 5.89. The van der Waals surface area contributed by atoms with Gasteiger partial charge in [0.25, 0.3) is 5.56 Å². The van der Waals surface area contributed by atoms with Crippen molar-refractivity contribution in [3.8, 4) is 11.5 Å². The minimum absolute atomic E-state index is 0.256. The summed E-state index contributed by atoms with van der Waals surface area (Å²) in [5, 5.41) is 0.798. The summed E-state index contributed by atoms with van der Waals surface area (Å²) < 4.78 is 12.0. The van der Waals surface area contributed by atoms with Crippen LogP contribution in [0.4, 0.5) is 5.69 Å². The number of unbranched alkanes of at least 4 members (excludes halogenated alkanes) is 5. The second-order valence-corrected chi connectivity index (χ2v) is 8.72. The molecule has 1 aromatic carbocycles. The van der Waals surface area contributed by atoms with Crippen LogP contribution < -0.4 is 20.8 Å². The zero-order valence-corrected chi connectivity index (χ0v) is 20.3. The van der Waals surface area contributed by atoms with E-state index in [1.54, 1.807) is 6.07 Å². The molecule has 1 heterocycles. The second-order valence-electron chi connectivity index (χ2n) is 8.72. The topological polar surface area (TPSA) is 77.3 Å². The molecule has 0 radical (unpaired) electrons. The number of hydrogen-bond donors (Lipinski definition) is 2. The lowest BCUT2D eigenvalue weighted by Crippen LogP contribution is -2.15. The average Bonchev–Trinajstić information content (AvgIpc) is 2.73. The first kappa shape index (κ1) is 25.6. The number of benzene rings is 1. The van der Waals surface area contributed by atoms with Gasteiger partial charge in [0.05, 0.1) is 12.1 Å². The highest BCUT2D eigenvalue weighted by Crippen LogP contribution is 2.32. The van der Waals surface area contributed by atoms with Crippen molar-refractivity contribution in [1.82, 2.24) is 4.98 Å². The minimum Gasteiger partial charge on any atom is -0.485 e. The minimum atomic E-state index is -0.284. The summed E-state index contributed by atoms with van der Waals surface area (Å²) in [4.78, 5) is 15.6. The first-order chi connectivity index (χ1) is 15.4. The van der Waals surface area contributed by atoms with Crippen molar-refractivity contribution in [2.45, 2.75) is 79.1 Å². The molecule has 32 heavy (non-hydrogen) atoms.